The highest BCUT2D eigenvalue weighted by molar-refractivity contribution is 5.23. The quantitative estimate of drug-likeness (QED) is 0.839. The molecule has 0 saturated heterocycles. The number of nitrogens with one attached hydrogen (secondary N) is 1. The first-order chi connectivity index (χ1) is 7.94. The molecule has 0 bridgehead atoms. The molecular formula is C15H22N2. The summed E-state index contributed by atoms with van der Waals surface area (Å²) < 4.78 is 0. The minimum Gasteiger partial charge on any atom is -0.310 e. The van der Waals surface area contributed by atoms with Gasteiger partial charge in [0.15, 0.2) is 0 Å². The van der Waals surface area contributed by atoms with Gasteiger partial charge >= 0.3 is 0 Å². The normalized spacial score (nSPS) is 13.1. The van der Waals surface area contributed by atoms with Gasteiger partial charge < -0.3 is 5.32 Å². The molecule has 0 aliphatic rings. The number of hydrogen-bond acceptors (Lipinski definition) is 2. The third-order valence-electron chi connectivity index (χ3n) is 3.08. The second-order valence-electron chi connectivity index (χ2n) is 5.33. The Bertz CT molecular complexity index is 384. The lowest BCUT2D eigenvalue weighted by molar-refractivity contribution is 0.416. The van der Waals surface area contributed by atoms with Gasteiger partial charge in [-0.3, -0.25) is 0 Å². The van der Waals surface area contributed by atoms with Crippen LogP contribution in [0.2, 0.25) is 0 Å². The molecule has 1 N–H and O–H groups in total. The van der Waals surface area contributed by atoms with Crippen molar-refractivity contribution in [2.75, 3.05) is 6.54 Å². The maximum Gasteiger partial charge on any atom is 0.0684 e. The Morgan fingerprint density at radius 2 is 1.88 bits per heavy atom. The average Bonchev–Trinajstić information content (AvgIpc) is 2.29. The lowest BCUT2D eigenvalue weighted by Crippen LogP contribution is -2.24. The summed E-state index contributed by atoms with van der Waals surface area (Å²) in [5, 5.41) is 12.4. The van der Waals surface area contributed by atoms with Crippen molar-refractivity contribution in [3.63, 3.8) is 0 Å². The zero-order chi connectivity index (χ0) is 12.9. The average molecular weight is 230 g/mol. The number of aryl methyl sites for hydroxylation is 1. The molecule has 2 nitrogen and oxygen atoms in total. The van der Waals surface area contributed by atoms with E-state index in [9.17, 15) is 0 Å². The molecule has 0 aliphatic carbocycles. The Kier molecular flexibility index (Phi) is 4.72. The standard InChI is InChI=1S/C15H22N2/c1-12-5-7-14(8-6-12)13(2)17-10-9-15(3,4)11-16/h5-8,13,17H,9-10H2,1-4H3. The smallest absolute Gasteiger partial charge is 0.0684 e. The molecule has 0 aromatic heterocycles. The summed E-state index contributed by atoms with van der Waals surface area (Å²) in [6.07, 6.45) is 0.875. The summed E-state index contributed by atoms with van der Waals surface area (Å²) in [7, 11) is 0. The molecule has 0 spiro atoms. The van der Waals surface area contributed by atoms with Crippen molar-refractivity contribution < 1.29 is 0 Å². The van der Waals surface area contributed by atoms with Crippen molar-refractivity contribution in [2.24, 2.45) is 5.41 Å². The number of benzene rings is 1. The van der Waals surface area contributed by atoms with Crippen molar-refractivity contribution in [2.45, 2.75) is 40.2 Å². The molecule has 1 rings (SSSR count). The monoisotopic (exact) mass is 230 g/mol. The van der Waals surface area contributed by atoms with Gasteiger partial charge in [0.1, 0.15) is 0 Å². The lowest BCUT2D eigenvalue weighted by Gasteiger charge is -2.19. The van der Waals surface area contributed by atoms with Crippen LogP contribution in [0.25, 0.3) is 0 Å². The first-order valence-electron chi connectivity index (χ1n) is 6.16. The predicted octanol–water partition coefficient (Wildman–Crippen LogP) is 3.59. The summed E-state index contributed by atoms with van der Waals surface area (Å²) in [4.78, 5) is 0. The summed E-state index contributed by atoms with van der Waals surface area (Å²) in [6, 6.07) is 11.2. The second kappa shape index (κ2) is 5.84. The van der Waals surface area contributed by atoms with E-state index in [1.165, 1.54) is 11.1 Å². The second-order valence-corrected chi connectivity index (χ2v) is 5.33. The Morgan fingerprint density at radius 3 is 2.41 bits per heavy atom. The highest BCUT2D eigenvalue weighted by Gasteiger charge is 2.16. The van der Waals surface area contributed by atoms with Crippen LogP contribution < -0.4 is 5.32 Å². The van der Waals surface area contributed by atoms with E-state index < -0.39 is 0 Å². The highest BCUT2D eigenvalue weighted by Crippen LogP contribution is 2.19. The van der Waals surface area contributed by atoms with Crippen LogP contribution in [-0.2, 0) is 0 Å². The summed E-state index contributed by atoms with van der Waals surface area (Å²) >= 11 is 0. The molecule has 1 aromatic rings. The third kappa shape index (κ3) is 4.58. The van der Waals surface area contributed by atoms with Gasteiger partial charge in [0, 0.05) is 6.04 Å². The van der Waals surface area contributed by atoms with Crippen LogP contribution in [0.3, 0.4) is 0 Å². The van der Waals surface area contributed by atoms with Crippen molar-refractivity contribution in [3.8, 4) is 6.07 Å². The molecular weight excluding hydrogens is 208 g/mol. The molecule has 0 amide bonds. The van der Waals surface area contributed by atoms with E-state index in [4.69, 9.17) is 5.26 Å². The van der Waals surface area contributed by atoms with E-state index in [-0.39, 0.29) is 5.41 Å². The summed E-state index contributed by atoms with van der Waals surface area (Å²) in [5.41, 5.74) is 2.34. The van der Waals surface area contributed by atoms with Gasteiger partial charge in [-0.2, -0.15) is 5.26 Å². The first-order valence-corrected chi connectivity index (χ1v) is 6.16. The van der Waals surface area contributed by atoms with Crippen molar-refractivity contribution >= 4 is 0 Å². The van der Waals surface area contributed by atoms with Gasteiger partial charge in [-0.05, 0) is 46.2 Å². The third-order valence-corrected chi connectivity index (χ3v) is 3.08. The van der Waals surface area contributed by atoms with Crippen LogP contribution >= 0.6 is 0 Å². The fourth-order valence-corrected chi connectivity index (χ4v) is 1.63. The maximum absolute atomic E-state index is 8.93. The molecule has 1 aromatic carbocycles. The molecule has 17 heavy (non-hydrogen) atoms. The summed E-state index contributed by atoms with van der Waals surface area (Å²) in [5.74, 6) is 0. The lowest BCUT2D eigenvalue weighted by atomic mass is 9.91. The molecule has 0 radical (unpaired) electrons. The molecule has 2 heteroatoms. The van der Waals surface area contributed by atoms with Gasteiger partial charge in [0.25, 0.3) is 0 Å². The predicted molar refractivity (Wildman–Crippen MR) is 71.6 cm³/mol. The van der Waals surface area contributed by atoms with Crippen molar-refractivity contribution in [1.29, 1.82) is 5.26 Å². The van der Waals surface area contributed by atoms with E-state index in [1.54, 1.807) is 0 Å². The van der Waals surface area contributed by atoms with Gasteiger partial charge in [-0.1, -0.05) is 29.8 Å². The van der Waals surface area contributed by atoms with Crippen LogP contribution in [0.15, 0.2) is 24.3 Å². The van der Waals surface area contributed by atoms with Crippen LogP contribution in [0, 0.1) is 23.7 Å². The SMILES string of the molecule is Cc1ccc(C(C)NCCC(C)(C)C#N)cc1. The minimum atomic E-state index is -0.236. The van der Waals surface area contributed by atoms with E-state index in [2.05, 4.69) is 49.5 Å². The van der Waals surface area contributed by atoms with E-state index in [0.717, 1.165) is 13.0 Å². The highest BCUT2D eigenvalue weighted by atomic mass is 14.9. The minimum absolute atomic E-state index is 0.236. The van der Waals surface area contributed by atoms with E-state index in [0.29, 0.717) is 6.04 Å². The molecule has 1 unspecified atom stereocenters. The Morgan fingerprint density at radius 1 is 1.29 bits per heavy atom. The number of nitrogens with zero attached hydrogens (tertiary/aromatic N) is 1. The summed E-state index contributed by atoms with van der Waals surface area (Å²) in [6.45, 7) is 9.08. The Balaban J connectivity index is 2.43. The Hall–Kier alpha value is -1.33. The van der Waals surface area contributed by atoms with Gasteiger partial charge in [-0.15, -0.1) is 0 Å². The van der Waals surface area contributed by atoms with Crippen molar-refractivity contribution in [3.05, 3.63) is 35.4 Å². The molecule has 0 aliphatic heterocycles. The first kappa shape index (κ1) is 13.7. The molecule has 0 saturated carbocycles. The van der Waals surface area contributed by atoms with Crippen LogP contribution in [-0.4, -0.2) is 6.54 Å². The molecule has 92 valence electrons. The maximum atomic E-state index is 8.93. The van der Waals surface area contributed by atoms with E-state index >= 15 is 0 Å². The molecule has 0 fully saturated rings. The van der Waals surface area contributed by atoms with Crippen LogP contribution in [0.5, 0.6) is 0 Å². The van der Waals surface area contributed by atoms with Crippen molar-refractivity contribution in [1.82, 2.24) is 5.32 Å². The van der Waals surface area contributed by atoms with Gasteiger partial charge in [0.05, 0.1) is 11.5 Å². The van der Waals surface area contributed by atoms with Gasteiger partial charge in [-0.25, -0.2) is 0 Å². The zero-order valence-corrected chi connectivity index (χ0v) is 11.2. The largest absolute Gasteiger partial charge is 0.310 e. The zero-order valence-electron chi connectivity index (χ0n) is 11.2. The molecule has 0 heterocycles. The number of rotatable bonds is 5. The number of nitriles is 1. The fourth-order valence-electron chi connectivity index (χ4n) is 1.63. The van der Waals surface area contributed by atoms with Crippen LogP contribution in [0.1, 0.15) is 44.4 Å². The topological polar surface area (TPSA) is 35.8 Å². The fraction of sp³-hybridized carbons (Fsp3) is 0.533. The molecule has 1 atom stereocenters. The van der Waals surface area contributed by atoms with Crippen LogP contribution in [0.4, 0.5) is 0 Å². The van der Waals surface area contributed by atoms with Gasteiger partial charge in [0.2, 0.25) is 0 Å². The van der Waals surface area contributed by atoms with E-state index in [1.807, 2.05) is 13.8 Å². The number of hydrogen-bond donors (Lipinski definition) is 1. The Labute approximate surface area is 105 Å².